The highest BCUT2D eigenvalue weighted by Crippen LogP contribution is 2.04. The minimum atomic E-state index is -2.99. The summed E-state index contributed by atoms with van der Waals surface area (Å²) in [5, 5.41) is 14.8. The van der Waals surface area contributed by atoms with Crippen LogP contribution in [0.15, 0.2) is 0 Å². The average Bonchev–Trinajstić information content (AvgIpc) is 2.22. The fraction of sp³-hybridized carbons (Fsp3) is 0.909. The van der Waals surface area contributed by atoms with Crippen molar-refractivity contribution in [3.05, 3.63) is 0 Å². The Morgan fingerprint density at radius 1 is 1.56 bits per heavy atom. The van der Waals surface area contributed by atoms with Gasteiger partial charge in [-0.2, -0.15) is 0 Å². The van der Waals surface area contributed by atoms with E-state index in [1.165, 1.54) is 0 Å². The van der Waals surface area contributed by atoms with Crippen LogP contribution in [0.3, 0.4) is 0 Å². The molecular formula is C11H22N2O4S. The van der Waals surface area contributed by atoms with Crippen molar-refractivity contribution >= 4 is 15.7 Å². The van der Waals surface area contributed by atoms with E-state index >= 15 is 0 Å². The van der Waals surface area contributed by atoms with E-state index in [9.17, 15) is 13.2 Å². The van der Waals surface area contributed by atoms with Crippen LogP contribution in [0.25, 0.3) is 0 Å². The molecule has 1 heterocycles. The predicted molar refractivity (Wildman–Crippen MR) is 69.0 cm³/mol. The van der Waals surface area contributed by atoms with Gasteiger partial charge in [-0.25, -0.2) is 8.42 Å². The summed E-state index contributed by atoms with van der Waals surface area (Å²) in [7, 11) is -2.99. The normalized spacial score (nSPS) is 24.4. The van der Waals surface area contributed by atoms with Crippen molar-refractivity contribution in [2.45, 2.75) is 38.3 Å². The zero-order valence-corrected chi connectivity index (χ0v) is 11.5. The number of amides is 1. The first-order chi connectivity index (χ1) is 8.39. The van der Waals surface area contributed by atoms with Crippen molar-refractivity contribution in [1.29, 1.82) is 0 Å². The van der Waals surface area contributed by atoms with Gasteiger partial charge in [-0.15, -0.1) is 0 Å². The first kappa shape index (κ1) is 15.4. The summed E-state index contributed by atoms with van der Waals surface area (Å²) >= 11 is 0. The Bertz CT molecular complexity index is 367. The minimum absolute atomic E-state index is 0.0358. The van der Waals surface area contributed by atoms with Crippen LogP contribution in [0.5, 0.6) is 0 Å². The second kappa shape index (κ2) is 7.06. The molecule has 0 aliphatic carbocycles. The van der Waals surface area contributed by atoms with Crippen LogP contribution in [0.4, 0.5) is 0 Å². The quantitative estimate of drug-likeness (QED) is 0.544. The van der Waals surface area contributed by atoms with Crippen LogP contribution in [0, 0.1) is 0 Å². The number of sulfone groups is 1. The third-order valence-electron chi connectivity index (χ3n) is 2.85. The Balaban J connectivity index is 2.20. The molecule has 3 N–H and O–H groups in total. The molecule has 0 radical (unpaired) electrons. The summed E-state index contributed by atoms with van der Waals surface area (Å²) in [4.78, 5) is 11.6. The summed E-state index contributed by atoms with van der Waals surface area (Å²) in [6, 6.07) is -0.277. The van der Waals surface area contributed by atoms with E-state index in [-0.39, 0.29) is 36.0 Å². The Morgan fingerprint density at radius 3 is 2.89 bits per heavy atom. The van der Waals surface area contributed by atoms with Gasteiger partial charge < -0.3 is 15.7 Å². The van der Waals surface area contributed by atoms with Gasteiger partial charge in [0.05, 0.1) is 17.6 Å². The molecule has 0 aromatic carbocycles. The fourth-order valence-electron chi connectivity index (χ4n) is 1.92. The first-order valence-electron chi connectivity index (χ1n) is 6.27. The van der Waals surface area contributed by atoms with Crippen molar-refractivity contribution in [3.63, 3.8) is 0 Å². The number of carbonyl (C=O) groups excluding carboxylic acids is 1. The maximum atomic E-state index is 11.6. The van der Waals surface area contributed by atoms with Crippen LogP contribution in [0.1, 0.15) is 26.2 Å². The maximum Gasteiger partial charge on any atom is 0.221 e. The van der Waals surface area contributed by atoms with Gasteiger partial charge in [-0.05, 0) is 19.8 Å². The Labute approximate surface area is 108 Å². The summed E-state index contributed by atoms with van der Waals surface area (Å²) in [5.41, 5.74) is 0. The van der Waals surface area contributed by atoms with Crippen molar-refractivity contribution in [2.24, 2.45) is 0 Å². The van der Waals surface area contributed by atoms with E-state index in [1.54, 1.807) is 6.92 Å². The Kier molecular flexibility index (Phi) is 6.04. The largest absolute Gasteiger partial charge is 0.393 e. The summed E-state index contributed by atoms with van der Waals surface area (Å²) in [6.07, 6.45) is 1.20. The molecule has 106 valence electrons. The zero-order valence-electron chi connectivity index (χ0n) is 10.7. The second-order valence-electron chi connectivity index (χ2n) is 4.81. The van der Waals surface area contributed by atoms with Gasteiger partial charge in [0, 0.05) is 25.6 Å². The lowest BCUT2D eigenvalue weighted by Gasteiger charge is -2.23. The highest BCUT2D eigenvalue weighted by Gasteiger charge is 2.25. The third-order valence-corrected chi connectivity index (χ3v) is 4.59. The number of aliphatic hydroxyl groups is 1. The topological polar surface area (TPSA) is 95.5 Å². The standard InChI is InChI=1S/C11H22N2O4S/c1-9(14)3-2-4-13-11(15)7-10-8-18(16,17)6-5-12-10/h9-10,12,14H,2-8H2,1H3,(H,13,15). The van der Waals surface area contributed by atoms with Gasteiger partial charge in [-0.1, -0.05) is 0 Å². The van der Waals surface area contributed by atoms with E-state index in [1.807, 2.05) is 0 Å². The van der Waals surface area contributed by atoms with Gasteiger partial charge >= 0.3 is 0 Å². The van der Waals surface area contributed by atoms with E-state index in [2.05, 4.69) is 10.6 Å². The lowest BCUT2D eigenvalue weighted by molar-refractivity contribution is -0.121. The molecular weight excluding hydrogens is 256 g/mol. The Morgan fingerprint density at radius 2 is 2.28 bits per heavy atom. The summed E-state index contributed by atoms with van der Waals surface area (Å²) in [5.74, 6) is 0.0448. The molecule has 1 aliphatic heterocycles. The highest BCUT2D eigenvalue weighted by molar-refractivity contribution is 7.91. The van der Waals surface area contributed by atoms with E-state index in [0.717, 1.165) is 6.42 Å². The van der Waals surface area contributed by atoms with E-state index in [4.69, 9.17) is 5.11 Å². The van der Waals surface area contributed by atoms with Gasteiger partial charge in [0.2, 0.25) is 5.91 Å². The molecule has 1 fully saturated rings. The van der Waals surface area contributed by atoms with Crippen LogP contribution in [-0.2, 0) is 14.6 Å². The number of hydrogen-bond acceptors (Lipinski definition) is 5. The number of aliphatic hydroxyl groups excluding tert-OH is 1. The van der Waals surface area contributed by atoms with Crippen LogP contribution in [-0.4, -0.2) is 56.2 Å². The van der Waals surface area contributed by atoms with Gasteiger partial charge in [0.1, 0.15) is 0 Å². The van der Waals surface area contributed by atoms with E-state index < -0.39 is 9.84 Å². The zero-order chi connectivity index (χ0) is 13.6. The summed E-state index contributed by atoms with van der Waals surface area (Å²) < 4.78 is 22.8. The predicted octanol–water partition coefficient (Wildman–Crippen LogP) is -0.960. The van der Waals surface area contributed by atoms with Crippen molar-refractivity contribution in [1.82, 2.24) is 10.6 Å². The molecule has 0 spiro atoms. The molecule has 1 aliphatic rings. The smallest absolute Gasteiger partial charge is 0.221 e. The van der Waals surface area contributed by atoms with Crippen molar-refractivity contribution in [3.8, 4) is 0 Å². The molecule has 0 saturated carbocycles. The molecule has 2 atom stereocenters. The molecule has 1 amide bonds. The maximum absolute atomic E-state index is 11.6. The molecule has 1 rings (SSSR count). The lowest BCUT2D eigenvalue weighted by atomic mass is 10.2. The van der Waals surface area contributed by atoms with Crippen LogP contribution in [0.2, 0.25) is 0 Å². The number of nitrogens with one attached hydrogen (secondary N) is 2. The second-order valence-corrected chi connectivity index (χ2v) is 7.04. The van der Waals surface area contributed by atoms with Crippen molar-refractivity contribution in [2.75, 3.05) is 24.6 Å². The number of carbonyl (C=O) groups is 1. The van der Waals surface area contributed by atoms with Crippen LogP contribution < -0.4 is 10.6 Å². The minimum Gasteiger partial charge on any atom is -0.393 e. The monoisotopic (exact) mass is 278 g/mol. The molecule has 6 nitrogen and oxygen atoms in total. The fourth-order valence-corrected chi connectivity index (χ4v) is 3.36. The Hall–Kier alpha value is -0.660. The SMILES string of the molecule is CC(O)CCCNC(=O)CC1CS(=O)(=O)CCN1. The average molecular weight is 278 g/mol. The molecule has 18 heavy (non-hydrogen) atoms. The summed E-state index contributed by atoms with van der Waals surface area (Å²) in [6.45, 7) is 2.64. The number of rotatable bonds is 6. The van der Waals surface area contributed by atoms with Gasteiger partial charge in [0.15, 0.2) is 9.84 Å². The lowest BCUT2D eigenvalue weighted by Crippen LogP contribution is -2.47. The molecule has 0 bridgehead atoms. The van der Waals surface area contributed by atoms with Gasteiger partial charge in [-0.3, -0.25) is 4.79 Å². The van der Waals surface area contributed by atoms with Crippen molar-refractivity contribution < 1.29 is 18.3 Å². The molecule has 0 aromatic rings. The van der Waals surface area contributed by atoms with Crippen LogP contribution >= 0.6 is 0 Å². The van der Waals surface area contributed by atoms with E-state index in [0.29, 0.717) is 19.5 Å². The highest BCUT2D eigenvalue weighted by atomic mass is 32.2. The molecule has 0 aromatic heterocycles. The first-order valence-corrected chi connectivity index (χ1v) is 8.10. The number of hydrogen-bond donors (Lipinski definition) is 3. The third kappa shape index (κ3) is 6.32. The van der Waals surface area contributed by atoms with Gasteiger partial charge in [0.25, 0.3) is 0 Å². The molecule has 2 unspecified atom stereocenters. The molecule has 7 heteroatoms. The molecule has 1 saturated heterocycles.